The first-order valence-corrected chi connectivity index (χ1v) is 5.98. The zero-order valence-corrected chi connectivity index (χ0v) is 10.9. The van der Waals surface area contributed by atoms with Gasteiger partial charge in [0.1, 0.15) is 0 Å². The first kappa shape index (κ1) is 14.2. The van der Waals surface area contributed by atoms with E-state index in [1.165, 1.54) is 0 Å². The van der Waals surface area contributed by atoms with E-state index >= 15 is 0 Å². The number of nitrogens with zero attached hydrogens (tertiary/aromatic N) is 2. The highest BCUT2D eigenvalue weighted by Gasteiger charge is 2.19. The van der Waals surface area contributed by atoms with Crippen molar-refractivity contribution in [1.29, 1.82) is 0 Å². The van der Waals surface area contributed by atoms with Gasteiger partial charge in [-0.1, -0.05) is 41.5 Å². The number of carbonyl (C=O) groups is 1. The van der Waals surface area contributed by atoms with E-state index in [0.29, 0.717) is 16.6 Å². The molecule has 0 unspecified atom stereocenters. The molecule has 0 radical (unpaired) electrons. The average Bonchev–Trinajstić information content (AvgIpc) is 2.52. The van der Waals surface area contributed by atoms with Crippen molar-refractivity contribution >= 4 is 12.1 Å². The lowest BCUT2D eigenvalue weighted by Gasteiger charge is -2.17. The molecule has 0 spiro atoms. The van der Waals surface area contributed by atoms with Gasteiger partial charge in [-0.15, -0.1) is 0 Å². The number of benzene rings is 2. The Labute approximate surface area is 120 Å². The molecule has 108 valence electrons. The summed E-state index contributed by atoms with van der Waals surface area (Å²) in [7, 11) is 0. The van der Waals surface area contributed by atoms with Gasteiger partial charge in [-0.2, -0.15) is 0 Å². The molecular weight excluding hydrogens is 274 g/mol. The predicted octanol–water partition coefficient (Wildman–Crippen LogP) is 2.27. The van der Waals surface area contributed by atoms with Crippen LogP contribution >= 0.6 is 0 Å². The van der Waals surface area contributed by atoms with Gasteiger partial charge in [-0.25, -0.2) is 4.79 Å². The molecule has 2 rings (SSSR count). The summed E-state index contributed by atoms with van der Waals surface area (Å²) in [4.78, 5) is 21.3. The Kier molecular flexibility index (Phi) is 4.60. The number of hydrogen-bond donors (Lipinski definition) is 2. The van der Waals surface area contributed by atoms with E-state index < -0.39 is 12.1 Å². The molecule has 0 aromatic heterocycles. The highest BCUT2D eigenvalue weighted by molar-refractivity contribution is 5.90. The fraction of sp³-hybridized carbons (Fsp3) is 0. The molecule has 3 N–H and O–H groups in total. The summed E-state index contributed by atoms with van der Waals surface area (Å²) in [6.45, 7) is 0. The standard InChI is InChI=1S/C14H13N3O4/c15-13(16-20-11-7-3-1-4-8-11)17(14(18)19)21-12-9-5-2-6-10-12/h1-10H,(H2,15,16)(H,18,19). The molecule has 0 aliphatic carbocycles. The Balaban J connectivity index is 2.08. The zero-order valence-electron chi connectivity index (χ0n) is 10.9. The minimum absolute atomic E-state index is 0.303. The number of guanidine groups is 1. The van der Waals surface area contributed by atoms with Gasteiger partial charge in [0.25, 0.3) is 5.96 Å². The van der Waals surface area contributed by atoms with E-state index in [1.54, 1.807) is 54.6 Å². The van der Waals surface area contributed by atoms with E-state index in [2.05, 4.69) is 5.16 Å². The van der Waals surface area contributed by atoms with Crippen LogP contribution in [0.4, 0.5) is 4.79 Å². The number of rotatable bonds is 4. The molecule has 2 aromatic carbocycles. The molecule has 0 aliphatic heterocycles. The third kappa shape index (κ3) is 4.13. The monoisotopic (exact) mass is 287 g/mol. The van der Waals surface area contributed by atoms with Crippen LogP contribution in [0.1, 0.15) is 0 Å². The molecule has 0 atom stereocenters. The van der Waals surface area contributed by atoms with Crippen molar-refractivity contribution in [2.24, 2.45) is 10.9 Å². The minimum Gasteiger partial charge on any atom is -0.462 e. The van der Waals surface area contributed by atoms with Crippen LogP contribution in [0.25, 0.3) is 0 Å². The van der Waals surface area contributed by atoms with Crippen molar-refractivity contribution in [3.63, 3.8) is 0 Å². The largest absolute Gasteiger partial charge is 0.462 e. The summed E-state index contributed by atoms with van der Waals surface area (Å²) < 4.78 is 0. The number of para-hydroxylation sites is 2. The SMILES string of the molecule is NC(=NOc1ccccc1)N(Oc1ccccc1)C(=O)O. The Hall–Kier alpha value is -3.22. The Morgan fingerprint density at radius 1 is 1.00 bits per heavy atom. The minimum atomic E-state index is -1.42. The number of hydrogen-bond acceptors (Lipinski definition) is 4. The van der Waals surface area contributed by atoms with Crippen LogP contribution in [0.2, 0.25) is 0 Å². The lowest BCUT2D eigenvalue weighted by Crippen LogP contribution is -2.43. The average molecular weight is 287 g/mol. The van der Waals surface area contributed by atoms with Gasteiger partial charge in [-0.3, -0.25) is 0 Å². The lowest BCUT2D eigenvalue weighted by atomic mass is 10.3. The van der Waals surface area contributed by atoms with Gasteiger partial charge in [-0.05, 0) is 29.4 Å². The van der Waals surface area contributed by atoms with E-state index in [9.17, 15) is 4.79 Å². The highest BCUT2D eigenvalue weighted by Crippen LogP contribution is 2.12. The third-order valence-electron chi connectivity index (χ3n) is 2.31. The Morgan fingerprint density at radius 3 is 2.05 bits per heavy atom. The van der Waals surface area contributed by atoms with Crippen molar-refractivity contribution in [3.05, 3.63) is 60.7 Å². The van der Waals surface area contributed by atoms with E-state index in [-0.39, 0.29) is 0 Å². The van der Waals surface area contributed by atoms with Crippen LogP contribution in [-0.4, -0.2) is 22.2 Å². The summed E-state index contributed by atoms with van der Waals surface area (Å²) in [6, 6.07) is 16.9. The molecule has 7 nitrogen and oxygen atoms in total. The van der Waals surface area contributed by atoms with Gasteiger partial charge in [0.05, 0.1) is 0 Å². The molecule has 0 bridgehead atoms. The van der Waals surface area contributed by atoms with Crippen LogP contribution < -0.4 is 15.4 Å². The Bertz CT molecular complexity index is 617. The van der Waals surface area contributed by atoms with Crippen molar-refractivity contribution in [1.82, 2.24) is 5.06 Å². The van der Waals surface area contributed by atoms with Crippen LogP contribution in [0.15, 0.2) is 65.8 Å². The van der Waals surface area contributed by atoms with Gasteiger partial charge in [0.15, 0.2) is 11.5 Å². The van der Waals surface area contributed by atoms with Crippen molar-refractivity contribution in [2.75, 3.05) is 0 Å². The summed E-state index contributed by atoms with van der Waals surface area (Å²) in [5, 5.41) is 13.0. The maximum Gasteiger partial charge on any atom is 0.448 e. The van der Waals surface area contributed by atoms with Gasteiger partial charge in [0.2, 0.25) is 0 Å². The Morgan fingerprint density at radius 2 is 1.52 bits per heavy atom. The molecular formula is C14H13N3O4. The molecule has 21 heavy (non-hydrogen) atoms. The van der Waals surface area contributed by atoms with Crippen LogP contribution in [0, 0.1) is 0 Å². The maximum absolute atomic E-state index is 11.1. The van der Waals surface area contributed by atoms with Gasteiger partial charge >= 0.3 is 6.09 Å². The molecule has 1 amide bonds. The van der Waals surface area contributed by atoms with Crippen molar-refractivity contribution in [2.45, 2.75) is 0 Å². The fourth-order valence-electron chi connectivity index (χ4n) is 1.39. The number of oxime groups is 1. The summed E-state index contributed by atoms with van der Waals surface area (Å²) >= 11 is 0. The maximum atomic E-state index is 11.1. The van der Waals surface area contributed by atoms with Gasteiger partial charge < -0.3 is 20.5 Å². The van der Waals surface area contributed by atoms with Crippen molar-refractivity contribution in [3.8, 4) is 11.5 Å². The first-order chi connectivity index (χ1) is 10.2. The topological polar surface area (TPSA) is 97.4 Å². The first-order valence-electron chi connectivity index (χ1n) is 5.98. The smallest absolute Gasteiger partial charge is 0.448 e. The summed E-state index contributed by atoms with van der Waals surface area (Å²) in [6.07, 6.45) is -1.42. The zero-order chi connectivity index (χ0) is 15.1. The molecule has 0 heterocycles. The highest BCUT2D eigenvalue weighted by atomic mass is 16.7. The van der Waals surface area contributed by atoms with Gasteiger partial charge in [0, 0.05) is 0 Å². The number of hydroxylamine groups is 2. The molecule has 0 saturated heterocycles. The molecule has 0 aliphatic rings. The van der Waals surface area contributed by atoms with Crippen LogP contribution in [0.3, 0.4) is 0 Å². The second kappa shape index (κ2) is 6.80. The normalized spacial score (nSPS) is 10.8. The number of carboxylic acid groups (broad SMARTS) is 1. The van der Waals surface area contributed by atoms with Crippen LogP contribution in [0.5, 0.6) is 11.5 Å². The van der Waals surface area contributed by atoms with E-state index in [4.69, 9.17) is 20.5 Å². The molecule has 0 fully saturated rings. The quantitative estimate of drug-likeness (QED) is 0.510. The predicted molar refractivity (Wildman–Crippen MR) is 75.6 cm³/mol. The van der Waals surface area contributed by atoms with Crippen LogP contribution in [-0.2, 0) is 0 Å². The second-order valence-electron chi connectivity index (χ2n) is 3.84. The number of amides is 1. The van der Waals surface area contributed by atoms with Crippen molar-refractivity contribution < 1.29 is 19.6 Å². The second-order valence-corrected chi connectivity index (χ2v) is 3.84. The summed E-state index contributed by atoms with van der Waals surface area (Å²) in [5.41, 5.74) is 5.56. The van der Waals surface area contributed by atoms with E-state index in [1.807, 2.05) is 6.07 Å². The summed E-state index contributed by atoms with van der Waals surface area (Å²) in [5.74, 6) is 0.276. The number of nitrogens with two attached hydrogens (primary N) is 1. The molecule has 0 saturated carbocycles. The third-order valence-corrected chi connectivity index (χ3v) is 2.31. The lowest BCUT2D eigenvalue weighted by molar-refractivity contribution is 0.0227. The molecule has 7 heteroatoms. The fourth-order valence-corrected chi connectivity index (χ4v) is 1.39. The molecule has 2 aromatic rings. The van der Waals surface area contributed by atoms with E-state index in [0.717, 1.165) is 0 Å².